The van der Waals surface area contributed by atoms with Gasteiger partial charge < -0.3 is 15.2 Å². The molecule has 26 heavy (non-hydrogen) atoms. The van der Waals surface area contributed by atoms with Crippen molar-refractivity contribution in [3.05, 3.63) is 58.4 Å². The van der Waals surface area contributed by atoms with Crippen LogP contribution in [0, 0.1) is 19.8 Å². The molecule has 2 aromatic rings. The van der Waals surface area contributed by atoms with Gasteiger partial charge in [0.05, 0.1) is 18.8 Å². The number of aromatic nitrogens is 1. The van der Waals surface area contributed by atoms with E-state index in [1.165, 1.54) is 5.56 Å². The van der Waals surface area contributed by atoms with Crippen molar-refractivity contribution in [1.29, 1.82) is 0 Å². The molecule has 0 bridgehead atoms. The maximum Gasteiger partial charge on any atom is 0.251 e. The zero-order valence-corrected chi connectivity index (χ0v) is 15.2. The highest BCUT2D eigenvalue weighted by molar-refractivity contribution is 5.94. The molecule has 1 aliphatic carbocycles. The van der Waals surface area contributed by atoms with Gasteiger partial charge in [-0.05, 0) is 68.0 Å². The summed E-state index contributed by atoms with van der Waals surface area (Å²) in [5.41, 5.74) is 4.57. The number of nitrogens with zero attached hydrogens (tertiary/aromatic N) is 1. The fourth-order valence-electron chi connectivity index (χ4n) is 3.97. The Hall–Kier alpha value is -2.40. The highest BCUT2D eigenvalue weighted by Crippen LogP contribution is 2.40. The van der Waals surface area contributed by atoms with Crippen LogP contribution in [0.3, 0.4) is 0 Å². The molecule has 0 spiro atoms. The van der Waals surface area contributed by atoms with Gasteiger partial charge in [0.2, 0.25) is 0 Å². The van der Waals surface area contributed by atoms with Crippen molar-refractivity contribution in [3.63, 3.8) is 0 Å². The summed E-state index contributed by atoms with van der Waals surface area (Å²) in [5, 5.41) is 13.0. The van der Waals surface area contributed by atoms with Crippen molar-refractivity contribution in [2.24, 2.45) is 5.92 Å². The molecular formula is C21H24N2O3. The van der Waals surface area contributed by atoms with Gasteiger partial charge in [-0.3, -0.25) is 9.78 Å². The molecular weight excluding hydrogens is 328 g/mol. The molecule has 1 saturated carbocycles. The zero-order chi connectivity index (χ0) is 18.3. The van der Waals surface area contributed by atoms with Crippen molar-refractivity contribution < 1.29 is 14.6 Å². The first kappa shape index (κ1) is 17.0. The second-order valence-corrected chi connectivity index (χ2v) is 7.44. The number of amides is 1. The summed E-state index contributed by atoms with van der Waals surface area (Å²) in [7, 11) is 0. The normalized spacial score (nSPS) is 22.1. The van der Waals surface area contributed by atoms with E-state index in [-0.39, 0.29) is 24.0 Å². The summed E-state index contributed by atoms with van der Waals surface area (Å²) >= 11 is 0. The fraction of sp³-hybridized carbons (Fsp3) is 0.429. The molecule has 1 fully saturated rings. The molecule has 136 valence electrons. The Morgan fingerprint density at radius 3 is 2.65 bits per heavy atom. The third-order valence-electron chi connectivity index (χ3n) is 5.32. The van der Waals surface area contributed by atoms with Gasteiger partial charge >= 0.3 is 0 Å². The van der Waals surface area contributed by atoms with E-state index in [9.17, 15) is 9.90 Å². The number of nitrogens with one attached hydrogen (secondary N) is 1. The lowest BCUT2D eigenvalue weighted by Crippen LogP contribution is -2.41. The highest BCUT2D eigenvalue weighted by Gasteiger charge is 2.36. The number of carbonyl (C=O) groups excluding carboxylic acids is 1. The van der Waals surface area contributed by atoms with Crippen LogP contribution in [0.5, 0.6) is 5.75 Å². The predicted molar refractivity (Wildman–Crippen MR) is 98.3 cm³/mol. The van der Waals surface area contributed by atoms with Gasteiger partial charge in [-0.2, -0.15) is 0 Å². The van der Waals surface area contributed by atoms with Crippen LogP contribution >= 0.6 is 0 Å². The monoisotopic (exact) mass is 352 g/mol. The van der Waals surface area contributed by atoms with Crippen LogP contribution in [0.1, 0.15) is 51.8 Å². The minimum absolute atomic E-state index is 0.0956. The van der Waals surface area contributed by atoms with E-state index in [2.05, 4.69) is 16.4 Å². The lowest BCUT2D eigenvalue weighted by Gasteiger charge is -2.38. The second-order valence-electron chi connectivity index (χ2n) is 7.44. The molecule has 1 aromatic heterocycles. The number of hydrogen-bond donors (Lipinski definition) is 2. The number of fused-ring (bicyclic) bond motifs is 1. The van der Waals surface area contributed by atoms with Crippen LogP contribution in [0.25, 0.3) is 0 Å². The van der Waals surface area contributed by atoms with E-state index in [0.717, 1.165) is 29.1 Å². The number of carbonyl (C=O) groups is 1. The van der Waals surface area contributed by atoms with Crippen LogP contribution in [0.4, 0.5) is 0 Å². The quantitative estimate of drug-likeness (QED) is 0.888. The minimum atomic E-state index is -0.262. The van der Waals surface area contributed by atoms with E-state index < -0.39 is 0 Å². The molecule has 5 heteroatoms. The molecule has 2 heterocycles. The summed E-state index contributed by atoms with van der Waals surface area (Å²) < 4.78 is 5.59. The van der Waals surface area contributed by atoms with Crippen molar-refractivity contribution in [2.75, 3.05) is 6.61 Å². The molecule has 0 radical (unpaired) electrons. The van der Waals surface area contributed by atoms with Crippen molar-refractivity contribution >= 4 is 5.91 Å². The Labute approximate surface area is 153 Å². The molecule has 1 atom stereocenters. The number of pyridine rings is 1. The highest BCUT2D eigenvalue weighted by atomic mass is 16.5. The van der Waals surface area contributed by atoms with Gasteiger partial charge in [-0.15, -0.1) is 0 Å². The number of aryl methyl sites for hydroxylation is 2. The first-order valence-electron chi connectivity index (χ1n) is 9.19. The van der Waals surface area contributed by atoms with Crippen molar-refractivity contribution in [1.82, 2.24) is 10.3 Å². The minimum Gasteiger partial charge on any atom is -0.493 e. The van der Waals surface area contributed by atoms with E-state index in [4.69, 9.17) is 4.74 Å². The smallest absolute Gasteiger partial charge is 0.251 e. The van der Waals surface area contributed by atoms with Crippen molar-refractivity contribution in [2.45, 2.75) is 45.3 Å². The third-order valence-corrected chi connectivity index (χ3v) is 5.32. The van der Waals surface area contributed by atoms with E-state index in [1.54, 1.807) is 0 Å². The van der Waals surface area contributed by atoms with Gasteiger partial charge in [-0.1, -0.05) is 6.07 Å². The van der Waals surface area contributed by atoms with Crippen LogP contribution in [-0.4, -0.2) is 28.7 Å². The summed E-state index contributed by atoms with van der Waals surface area (Å²) in [6, 6.07) is 9.68. The Kier molecular flexibility index (Phi) is 4.41. The molecule has 1 amide bonds. The average molecular weight is 352 g/mol. The Bertz CT molecular complexity index is 823. The summed E-state index contributed by atoms with van der Waals surface area (Å²) in [6.45, 7) is 4.50. The predicted octanol–water partition coefficient (Wildman–Crippen LogP) is 2.88. The molecule has 0 saturated heterocycles. The van der Waals surface area contributed by atoms with E-state index in [0.29, 0.717) is 25.0 Å². The van der Waals surface area contributed by atoms with Crippen LogP contribution in [-0.2, 0) is 6.42 Å². The molecule has 1 unspecified atom stereocenters. The first-order valence-corrected chi connectivity index (χ1v) is 9.19. The fourth-order valence-corrected chi connectivity index (χ4v) is 3.97. The molecule has 1 aromatic carbocycles. The largest absolute Gasteiger partial charge is 0.493 e. The maximum atomic E-state index is 12.9. The van der Waals surface area contributed by atoms with Crippen LogP contribution < -0.4 is 10.1 Å². The molecule has 4 rings (SSSR count). The number of ether oxygens (including phenoxy) is 1. The Morgan fingerprint density at radius 2 is 1.96 bits per heavy atom. The summed E-state index contributed by atoms with van der Waals surface area (Å²) in [6.07, 6.45) is 2.07. The number of benzene rings is 1. The molecule has 1 aliphatic heterocycles. The van der Waals surface area contributed by atoms with Gasteiger partial charge in [-0.25, -0.2) is 0 Å². The van der Waals surface area contributed by atoms with Crippen LogP contribution in [0.2, 0.25) is 0 Å². The Morgan fingerprint density at radius 1 is 1.23 bits per heavy atom. The van der Waals surface area contributed by atoms with Gasteiger partial charge in [0.25, 0.3) is 5.91 Å². The lowest BCUT2D eigenvalue weighted by atomic mass is 9.74. The second kappa shape index (κ2) is 6.72. The SMILES string of the molecule is Cc1cc(C(=O)NC(c2ccc3c(c2)CCO3)C2CC(O)C2)cc(C)n1. The maximum absolute atomic E-state index is 12.9. The van der Waals surface area contributed by atoms with E-state index >= 15 is 0 Å². The van der Waals surface area contributed by atoms with Crippen molar-refractivity contribution in [3.8, 4) is 5.75 Å². The number of aliphatic hydroxyl groups is 1. The number of rotatable bonds is 4. The topological polar surface area (TPSA) is 71.5 Å². The van der Waals surface area contributed by atoms with E-state index in [1.807, 2.05) is 38.1 Å². The zero-order valence-electron chi connectivity index (χ0n) is 15.2. The van der Waals surface area contributed by atoms with Gasteiger partial charge in [0.15, 0.2) is 0 Å². The lowest BCUT2D eigenvalue weighted by molar-refractivity contribution is 0.0235. The standard InChI is InChI=1S/C21H24N2O3/c1-12-7-17(8-13(2)22-12)21(25)23-20(16-10-18(24)11-16)15-3-4-19-14(9-15)5-6-26-19/h3-4,7-9,16,18,20,24H,5-6,10-11H2,1-2H3,(H,23,25). The summed E-state index contributed by atoms with van der Waals surface area (Å²) in [4.78, 5) is 17.2. The average Bonchev–Trinajstić information content (AvgIpc) is 3.03. The Balaban J connectivity index is 1.60. The number of hydrogen-bond acceptors (Lipinski definition) is 4. The molecule has 5 nitrogen and oxygen atoms in total. The first-order chi connectivity index (χ1) is 12.5. The summed E-state index contributed by atoms with van der Waals surface area (Å²) in [5.74, 6) is 1.09. The third kappa shape index (κ3) is 3.31. The number of aliphatic hydroxyl groups excluding tert-OH is 1. The molecule has 2 N–H and O–H groups in total. The van der Waals surface area contributed by atoms with Gasteiger partial charge in [0, 0.05) is 23.4 Å². The van der Waals surface area contributed by atoms with Gasteiger partial charge in [0.1, 0.15) is 5.75 Å². The molecule has 2 aliphatic rings. The van der Waals surface area contributed by atoms with Crippen LogP contribution in [0.15, 0.2) is 30.3 Å².